The van der Waals surface area contributed by atoms with Crippen molar-refractivity contribution in [1.29, 1.82) is 0 Å². The molecule has 106 valence electrons. The number of nitrogens with zero attached hydrogens (tertiary/aromatic N) is 2. The second-order valence-corrected chi connectivity index (χ2v) is 5.57. The first-order chi connectivity index (χ1) is 9.54. The van der Waals surface area contributed by atoms with Crippen molar-refractivity contribution in [3.63, 3.8) is 0 Å². The number of nitrogens with one attached hydrogen (secondary N) is 2. The minimum absolute atomic E-state index is 0.132. The monoisotopic (exact) mass is 292 g/mol. The first-order valence-electron chi connectivity index (χ1n) is 6.14. The number of anilines is 1. The number of aliphatic hydroxyl groups is 1. The van der Waals surface area contributed by atoms with Crippen molar-refractivity contribution in [2.24, 2.45) is 0 Å². The summed E-state index contributed by atoms with van der Waals surface area (Å²) in [5, 5.41) is 23.9. The molecule has 7 heteroatoms. The van der Waals surface area contributed by atoms with Crippen LogP contribution in [0.25, 0.3) is 0 Å². The minimum Gasteiger partial charge on any atom is -0.387 e. The van der Waals surface area contributed by atoms with Crippen LogP contribution in [0.2, 0.25) is 0 Å². The average molecular weight is 292 g/mol. The fraction of sp³-hybridized carbons (Fsp3) is 0.308. The van der Waals surface area contributed by atoms with Crippen molar-refractivity contribution >= 4 is 22.5 Å². The number of aliphatic hydroxyl groups excluding tert-OH is 1. The van der Waals surface area contributed by atoms with Crippen LogP contribution in [-0.4, -0.2) is 27.9 Å². The van der Waals surface area contributed by atoms with Crippen molar-refractivity contribution in [3.8, 4) is 0 Å². The normalized spacial score (nSPS) is 11.9. The maximum atomic E-state index is 11.6. The Labute approximate surface area is 120 Å². The van der Waals surface area contributed by atoms with Crippen molar-refractivity contribution < 1.29 is 9.90 Å². The molecule has 2 aromatic rings. The van der Waals surface area contributed by atoms with Crippen LogP contribution in [-0.2, 0) is 0 Å². The van der Waals surface area contributed by atoms with Gasteiger partial charge in [0.1, 0.15) is 5.01 Å². The molecule has 2 amide bonds. The summed E-state index contributed by atoms with van der Waals surface area (Å²) in [6.45, 7) is 3.92. The van der Waals surface area contributed by atoms with Gasteiger partial charge in [0, 0.05) is 6.54 Å². The zero-order valence-corrected chi connectivity index (χ0v) is 12.1. The Balaban J connectivity index is 1.82. The van der Waals surface area contributed by atoms with E-state index in [1.807, 2.05) is 38.1 Å². The average Bonchev–Trinajstić information content (AvgIpc) is 2.82. The maximum absolute atomic E-state index is 11.6. The molecule has 0 saturated carbocycles. The highest BCUT2D eigenvalue weighted by Crippen LogP contribution is 2.14. The molecule has 1 aromatic heterocycles. The predicted octanol–water partition coefficient (Wildman–Crippen LogP) is 2.01. The number of aryl methyl sites for hydroxylation is 2. The number of hydrogen-bond donors (Lipinski definition) is 3. The number of benzene rings is 1. The Kier molecular flexibility index (Phi) is 4.65. The molecule has 0 unspecified atom stereocenters. The molecule has 6 nitrogen and oxygen atoms in total. The maximum Gasteiger partial charge on any atom is 0.321 e. The lowest BCUT2D eigenvalue weighted by Gasteiger charge is -2.12. The molecular formula is C13H16N4O2S. The fourth-order valence-corrected chi connectivity index (χ4v) is 2.17. The molecule has 0 saturated heterocycles. The van der Waals surface area contributed by atoms with Gasteiger partial charge >= 0.3 is 6.03 Å². The van der Waals surface area contributed by atoms with Gasteiger partial charge in [-0.2, -0.15) is 0 Å². The summed E-state index contributed by atoms with van der Waals surface area (Å²) in [7, 11) is 0. The number of carbonyl (C=O) groups is 1. The molecule has 0 bridgehead atoms. The van der Waals surface area contributed by atoms with E-state index in [2.05, 4.69) is 20.8 Å². The number of amides is 2. The number of hydrogen-bond acceptors (Lipinski definition) is 5. The molecule has 1 aromatic carbocycles. The lowest BCUT2D eigenvalue weighted by molar-refractivity contribution is 0.175. The summed E-state index contributed by atoms with van der Waals surface area (Å²) in [5.74, 6) is 0. The van der Waals surface area contributed by atoms with Crippen molar-refractivity contribution in [3.05, 3.63) is 40.4 Å². The van der Waals surface area contributed by atoms with Crippen molar-refractivity contribution in [2.45, 2.75) is 20.0 Å². The molecule has 1 heterocycles. The lowest BCUT2D eigenvalue weighted by atomic mass is 10.1. The summed E-state index contributed by atoms with van der Waals surface area (Å²) in [6, 6.07) is 7.11. The lowest BCUT2D eigenvalue weighted by Crippen LogP contribution is -2.32. The van der Waals surface area contributed by atoms with Gasteiger partial charge in [-0.15, -0.1) is 10.2 Å². The third kappa shape index (κ3) is 4.01. The summed E-state index contributed by atoms with van der Waals surface area (Å²) in [6.07, 6.45) is -0.738. The van der Waals surface area contributed by atoms with Crippen LogP contribution in [0, 0.1) is 13.8 Å². The second-order valence-electron chi connectivity index (χ2n) is 4.39. The largest absolute Gasteiger partial charge is 0.387 e. The Morgan fingerprint density at radius 3 is 2.60 bits per heavy atom. The van der Waals surface area contributed by atoms with Crippen LogP contribution in [0.1, 0.15) is 22.2 Å². The highest BCUT2D eigenvalue weighted by molar-refractivity contribution is 7.15. The van der Waals surface area contributed by atoms with Gasteiger partial charge < -0.3 is 10.4 Å². The minimum atomic E-state index is -0.738. The highest BCUT2D eigenvalue weighted by atomic mass is 32.1. The Hall–Kier alpha value is -1.99. The fourth-order valence-electron chi connectivity index (χ4n) is 1.58. The van der Waals surface area contributed by atoms with Crippen LogP contribution in [0.3, 0.4) is 0 Å². The smallest absolute Gasteiger partial charge is 0.321 e. The van der Waals surface area contributed by atoms with Gasteiger partial charge in [-0.1, -0.05) is 41.2 Å². The van der Waals surface area contributed by atoms with Crippen molar-refractivity contribution in [1.82, 2.24) is 15.5 Å². The van der Waals surface area contributed by atoms with Gasteiger partial charge in [0.15, 0.2) is 0 Å². The summed E-state index contributed by atoms with van der Waals surface area (Å²) in [5.41, 5.74) is 1.89. The Morgan fingerprint density at radius 1 is 1.30 bits per heavy atom. The zero-order chi connectivity index (χ0) is 14.5. The summed E-state index contributed by atoms with van der Waals surface area (Å²) < 4.78 is 0. The van der Waals surface area contributed by atoms with Crippen LogP contribution in [0.5, 0.6) is 0 Å². The van der Waals surface area contributed by atoms with Gasteiger partial charge in [-0.05, 0) is 19.4 Å². The molecule has 3 N–H and O–H groups in total. The first kappa shape index (κ1) is 14.4. The number of urea groups is 1. The third-order valence-electron chi connectivity index (χ3n) is 2.66. The molecule has 0 radical (unpaired) electrons. The number of aromatic nitrogens is 2. The van der Waals surface area contributed by atoms with E-state index in [1.165, 1.54) is 11.3 Å². The summed E-state index contributed by atoms with van der Waals surface area (Å²) in [4.78, 5) is 11.6. The quantitative estimate of drug-likeness (QED) is 0.804. The van der Waals surface area contributed by atoms with Gasteiger partial charge in [-0.25, -0.2) is 4.79 Å². The van der Waals surface area contributed by atoms with Crippen molar-refractivity contribution in [2.75, 3.05) is 11.9 Å². The number of carbonyl (C=O) groups excluding carboxylic acids is 1. The van der Waals surface area contributed by atoms with Gasteiger partial charge in [0.05, 0.1) is 6.10 Å². The second kappa shape index (κ2) is 6.44. The molecular weight excluding hydrogens is 276 g/mol. The standard InChI is InChI=1S/C13H16N4O2S/c1-8-3-5-10(6-4-8)11(18)7-14-12(19)15-13-17-16-9(2)20-13/h3-6,11,18H,7H2,1-2H3,(H2,14,15,17,19)/t11-/m1/s1. The Morgan fingerprint density at radius 2 is 2.00 bits per heavy atom. The molecule has 0 aliphatic carbocycles. The van der Waals surface area contributed by atoms with Crippen LogP contribution in [0.15, 0.2) is 24.3 Å². The highest BCUT2D eigenvalue weighted by Gasteiger charge is 2.10. The van der Waals surface area contributed by atoms with E-state index in [0.717, 1.165) is 16.1 Å². The third-order valence-corrected chi connectivity index (χ3v) is 3.42. The predicted molar refractivity (Wildman–Crippen MR) is 77.8 cm³/mol. The van der Waals surface area contributed by atoms with E-state index in [-0.39, 0.29) is 6.54 Å². The van der Waals surface area contributed by atoms with E-state index in [0.29, 0.717) is 5.13 Å². The molecule has 0 aliphatic heterocycles. The SMILES string of the molecule is Cc1ccc([C@H](O)CNC(=O)Nc2nnc(C)s2)cc1. The van der Waals surface area contributed by atoms with Crippen LogP contribution >= 0.6 is 11.3 Å². The molecule has 2 rings (SSSR count). The molecule has 0 fully saturated rings. The first-order valence-corrected chi connectivity index (χ1v) is 6.96. The van der Waals surface area contributed by atoms with Gasteiger partial charge in [0.25, 0.3) is 0 Å². The topological polar surface area (TPSA) is 87.1 Å². The van der Waals surface area contributed by atoms with E-state index < -0.39 is 12.1 Å². The summed E-state index contributed by atoms with van der Waals surface area (Å²) >= 11 is 1.29. The van der Waals surface area contributed by atoms with Gasteiger partial charge in [-0.3, -0.25) is 5.32 Å². The molecule has 0 aliphatic rings. The van der Waals surface area contributed by atoms with Gasteiger partial charge in [0.2, 0.25) is 5.13 Å². The Bertz CT molecular complexity index is 582. The van der Waals surface area contributed by atoms with Crippen LogP contribution < -0.4 is 10.6 Å². The van der Waals surface area contributed by atoms with Crippen LogP contribution in [0.4, 0.5) is 9.93 Å². The van der Waals surface area contributed by atoms with E-state index in [4.69, 9.17) is 0 Å². The molecule has 20 heavy (non-hydrogen) atoms. The van der Waals surface area contributed by atoms with E-state index in [1.54, 1.807) is 0 Å². The molecule has 0 spiro atoms. The van der Waals surface area contributed by atoms with E-state index >= 15 is 0 Å². The zero-order valence-electron chi connectivity index (χ0n) is 11.3. The van der Waals surface area contributed by atoms with E-state index in [9.17, 15) is 9.90 Å². The number of rotatable bonds is 4. The molecule has 1 atom stereocenters.